The van der Waals surface area contributed by atoms with Gasteiger partial charge in [0, 0.05) is 19.0 Å². The molecule has 0 aliphatic carbocycles. The molecule has 0 amide bonds. The Kier molecular flexibility index (Phi) is 3.96. The van der Waals surface area contributed by atoms with E-state index >= 15 is 0 Å². The molecular weight excluding hydrogens is 331 g/mol. The summed E-state index contributed by atoms with van der Waals surface area (Å²) in [5, 5.41) is 8.37. The lowest BCUT2D eigenvalue weighted by Gasteiger charge is -2.33. The zero-order valence-electron chi connectivity index (χ0n) is 12.4. The van der Waals surface area contributed by atoms with Crippen molar-refractivity contribution in [3.05, 3.63) is 35.4 Å². The van der Waals surface area contributed by atoms with E-state index in [0.29, 0.717) is 25.1 Å². The quantitative estimate of drug-likeness (QED) is 0.826. The van der Waals surface area contributed by atoms with Gasteiger partial charge in [0.15, 0.2) is 0 Å². The smallest absolute Gasteiger partial charge is 0.213 e. The number of fused-ring (bicyclic) bond motifs is 1. The Bertz CT molecular complexity index is 716. The second-order valence-electron chi connectivity index (χ2n) is 5.94. The maximum Gasteiger partial charge on any atom is 0.416 e. The lowest BCUT2D eigenvalue weighted by Crippen LogP contribution is -2.45. The molecule has 126 valence electrons. The number of piperidine rings is 1. The average molecular weight is 347 g/mol. The molecule has 1 unspecified atom stereocenters. The fourth-order valence-corrected chi connectivity index (χ4v) is 4.00. The van der Waals surface area contributed by atoms with Gasteiger partial charge in [0.2, 0.25) is 10.0 Å². The van der Waals surface area contributed by atoms with E-state index in [1.54, 1.807) is 0 Å². The van der Waals surface area contributed by atoms with Crippen LogP contribution in [0.3, 0.4) is 0 Å². The highest BCUT2D eigenvalue weighted by molar-refractivity contribution is 7.88. The molecule has 1 aromatic carbocycles. The van der Waals surface area contributed by atoms with Crippen LogP contribution >= 0.6 is 0 Å². The number of hydrogen-bond donors (Lipinski definition) is 0. The van der Waals surface area contributed by atoms with Crippen LogP contribution in [0.25, 0.3) is 0 Å². The molecule has 1 aromatic rings. The van der Waals surface area contributed by atoms with Crippen LogP contribution in [0.1, 0.15) is 23.6 Å². The van der Waals surface area contributed by atoms with Crippen molar-refractivity contribution in [3.8, 4) is 0 Å². The molecule has 0 N–H and O–H groups in total. The molecule has 0 spiro atoms. The highest BCUT2D eigenvalue weighted by atomic mass is 32.2. The topological polar surface area (TPSA) is 62.1 Å². The van der Waals surface area contributed by atoms with Gasteiger partial charge in [0.25, 0.3) is 0 Å². The third-order valence-corrected chi connectivity index (χ3v) is 5.65. The van der Waals surface area contributed by atoms with Crippen molar-refractivity contribution in [2.24, 2.45) is 16.1 Å². The molecule has 3 atom stereocenters. The van der Waals surface area contributed by atoms with Gasteiger partial charge in [-0.15, -0.1) is 0 Å². The first-order valence-corrected chi connectivity index (χ1v) is 9.03. The lowest BCUT2D eigenvalue weighted by molar-refractivity contribution is -0.137. The molecule has 0 aromatic heterocycles. The average Bonchev–Trinajstić information content (AvgIpc) is 2.88. The van der Waals surface area contributed by atoms with Gasteiger partial charge >= 0.3 is 6.18 Å². The summed E-state index contributed by atoms with van der Waals surface area (Å²) in [5.41, 5.74) is -0.0845. The van der Waals surface area contributed by atoms with Crippen LogP contribution in [0.5, 0.6) is 0 Å². The van der Waals surface area contributed by atoms with Crippen molar-refractivity contribution in [2.45, 2.75) is 24.7 Å². The predicted molar refractivity (Wildman–Crippen MR) is 77.4 cm³/mol. The number of rotatable bonds is 2. The number of azo groups is 1. The molecule has 9 heteroatoms. The largest absolute Gasteiger partial charge is 0.416 e. The van der Waals surface area contributed by atoms with E-state index in [-0.39, 0.29) is 12.0 Å². The number of hydrogen-bond acceptors (Lipinski definition) is 4. The fraction of sp³-hybridized carbons (Fsp3) is 0.571. The van der Waals surface area contributed by atoms with Crippen molar-refractivity contribution in [2.75, 3.05) is 19.3 Å². The third kappa shape index (κ3) is 3.25. The Labute approximate surface area is 132 Å². The minimum Gasteiger partial charge on any atom is -0.213 e. The van der Waals surface area contributed by atoms with Crippen molar-refractivity contribution in [3.63, 3.8) is 0 Å². The normalized spacial score (nSPS) is 28.8. The predicted octanol–water partition coefficient (Wildman–Crippen LogP) is 2.86. The van der Waals surface area contributed by atoms with Crippen molar-refractivity contribution >= 4 is 10.0 Å². The molecule has 1 fully saturated rings. The van der Waals surface area contributed by atoms with Crippen LogP contribution in [0.15, 0.2) is 34.5 Å². The van der Waals surface area contributed by atoms with Crippen molar-refractivity contribution < 1.29 is 21.6 Å². The van der Waals surface area contributed by atoms with Crippen LogP contribution < -0.4 is 0 Å². The molecule has 2 aliphatic heterocycles. The molecule has 1 saturated heterocycles. The van der Waals surface area contributed by atoms with Gasteiger partial charge in [-0.05, 0) is 24.1 Å². The van der Waals surface area contributed by atoms with E-state index in [0.717, 1.165) is 18.4 Å². The Morgan fingerprint density at radius 1 is 1.17 bits per heavy atom. The van der Waals surface area contributed by atoms with E-state index in [2.05, 4.69) is 10.2 Å². The molecule has 2 heterocycles. The monoisotopic (exact) mass is 347 g/mol. The number of sulfonamides is 1. The van der Waals surface area contributed by atoms with Gasteiger partial charge in [0.1, 0.15) is 6.04 Å². The summed E-state index contributed by atoms with van der Waals surface area (Å²) < 4.78 is 62.7. The number of halogens is 3. The minimum absolute atomic E-state index is 0.0692. The van der Waals surface area contributed by atoms with Crippen LogP contribution in [0, 0.1) is 5.92 Å². The maximum atomic E-state index is 12.6. The molecular formula is C14H16F3N3O2S. The van der Waals surface area contributed by atoms with Gasteiger partial charge in [-0.1, -0.05) is 12.1 Å². The first-order chi connectivity index (χ1) is 10.7. The molecule has 23 heavy (non-hydrogen) atoms. The molecule has 5 nitrogen and oxygen atoms in total. The van der Waals surface area contributed by atoms with E-state index in [4.69, 9.17) is 0 Å². The lowest BCUT2D eigenvalue weighted by atomic mass is 9.85. The molecule has 0 radical (unpaired) electrons. The molecule has 0 bridgehead atoms. The number of nitrogens with zero attached hydrogens (tertiary/aromatic N) is 3. The van der Waals surface area contributed by atoms with Crippen LogP contribution in [0.2, 0.25) is 0 Å². The highest BCUT2D eigenvalue weighted by Gasteiger charge is 2.42. The SMILES string of the molecule is CS(=O)(=O)N1CCC2N=N[C@H](c3ccc(C(F)(F)F)cc3)[C@@H]2C1. The Balaban J connectivity index is 1.82. The van der Waals surface area contributed by atoms with Gasteiger partial charge in [-0.3, -0.25) is 0 Å². The summed E-state index contributed by atoms with van der Waals surface area (Å²) in [4.78, 5) is 0. The van der Waals surface area contributed by atoms with E-state index in [1.807, 2.05) is 0 Å². The molecule has 3 rings (SSSR count). The highest BCUT2D eigenvalue weighted by Crippen LogP contribution is 2.41. The van der Waals surface area contributed by atoms with Gasteiger partial charge in [0.05, 0.1) is 17.9 Å². The van der Waals surface area contributed by atoms with E-state index in [9.17, 15) is 21.6 Å². The Morgan fingerprint density at radius 3 is 2.39 bits per heavy atom. The Morgan fingerprint density at radius 2 is 1.83 bits per heavy atom. The second-order valence-corrected chi connectivity index (χ2v) is 7.92. The van der Waals surface area contributed by atoms with E-state index < -0.39 is 27.8 Å². The second kappa shape index (κ2) is 5.55. The van der Waals surface area contributed by atoms with Crippen molar-refractivity contribution in [1.29, 1.82) is 0 Å². The summed E-state index contributed by atoms with van der Waals surface area (Å²) in [6.45, 7) is 0.695. The minimum atomic E-state index is -4.38. The first-order valence-electron chi connectivity index (χ1n) is 7.18. The zero-order valence-corrected chi connectivity index (χ0v) is 13.2. The third-order valence-electron chi connectivity index (χ3n) is 4.38. The summed E-state index contributed by atoms with van der Waals surface area (Å²) >= 11 is 0. The maximum absolute atomic E-state index is 12.6. The zero-order chi connectivity index (χ0) is 16.8. The van der Waals surface area contributed by atoms with Crippen LogP contribution in [-0.2, 0) is 16.2 Å². The summed E-state index contributed by atoms with van der Waals surface area (Å²) in [6.07, 6.45) is -2.64. The van der Waals surface area contributed by atoms with Crippen LogP contribution in [0.4, 0.5) is 13.2 Å². The van der Waals surface area contributed by atoms with Gasteiger partial charge in [-0.25, -0.2) is 12.7 Å². The van der Waals surface area contributed by atoms with E-state index in [1.165, 1.54) is 16.4 Å². The number of benzene rings is 1. The van der Waals surface area contributed by atoms with Crippen LogP contribution in [-0.4, -0.2) is 38.1 Å². The summed E-state index contributed by atoms with van der Waals surface area (Å²) in [5.74, 6) is -0.129. The molecule has 0 saturated carbocycles. The van der Waals surface area contributed by atoms with Gasteiger partial charge < -0.3 is 0 Å². The number of alkyl halides is 3. The summed E-state index contributed by atoms with van der Waals surface area (Å²) in [7, 11) is -3.29. The fourth-order valence-electron chi connectivity index (χ4n) is 3.12. The Hall–Kier alpha value is -1.48. The molecule has 2 aliphatic rings. The standard InChI is InChI=1S/C14H16F3N3O2S/c1-23(21,22)20-7-6-12-11(8-20)13(19-18-12)9-2-4-10(5-3-9)14(15,16)17/h2-5,11-13H,6-8H2,1H3/t11-,12?,13-/m1/s1. The van der Waals surface area contributed by atoms with Gasteiger partial charge in [-0.2, -0.15) is 23.4 Å². The van der Waals surface area contributed by atoms with Crippen molar-refractivity contribution in [1.82, 2.24) is 4.31 Å². The summed E-state index contributed by atoms with van der Waals surface area (Å²) in [6, 6.07) is 4.37. The first kappa shape index (κ1) is 16.4.